The highest BCUT2D eigenvalue weighted by Crippen LogP contribution is 2.76. The summed E-state index contributed by atoms with van der Waals surface area (Å²) in [6.45, 7) is 13.8. The molecule has 3 saturated carbocycles. The fourth-order valence-electron chi connectivity index (χ4n) is 5.12. The van der Waals surface area contributed by atoms with Crippen LogP contribution in [0.1, 0.15) is 59.8 Å². The van der Waals surface area contributed by atoms with Gasteiger partial charge in [0.25, 0.3) is 0 Å². The molecule has 2 bridgehead atoms. The third kappa shape index (κ3) is 1.94. The lowest BCUT2D eigenvalue weighted by atomic mass is 9.32. The molecule has 1 aliphatic heterocycles. The van der Waals surface area contributed by atoms with Gasteiger partial charge in [-0.3, -0.25) is 0 Å². The summed E-state index contributed by atoms with van der Waals surface area (Å²) in [4.78, 5) is 2.78. The van der Waals surface area contributed by atoms with E-state index in [-0.39, 0.29) is 0 Å². The highest BCUT2D eigenvalue weighted by Gasteiger charge is 2.68. The molecular weight excluding hydrogens is 218 g/mol. The van der Waals surface area contributed by atoms with Crippen LogP contribution < -0.4 is 0 Å². The van der Waals surface area contributed by atoms with Crippen molar-refractivity contribution in [3.05, 3.63) is 0 Å². The molecule has 1 saturated heterocycles. The van der Waals surface area contributed by atoms with Crippen LogP contribution in [0.5, 0.6) is 0 Å². The van der Waals surface area contributed by atoms with Crippen molar-refractivity contribution in [3.8, 4) is 0 Å². The zero-order valence-corrected chi connectivity index (χ0v) is 12.8. The monoisotopic (exact) mass is 249 g/mol. The molecule has 104 valence electrons. The highest BCUT2D eigenvalue weighted by molar-refractivity contribution is 5.18. The predicted molar refractivity (Wildman–Crippen MR) is 77.6 cm³/mol. The molecule has 0 aromatic heterocycles. The predicted octanol–water partition coefficient (Wildman–Crippen LogP) is 4.18. The van der Waals surface area contributed by atoms with Crippen molar-refractivity contribution < 1.29 is 0 Å². The van der Waals surface area contributed by atoms with Crippen LogP contribution in [0.4, 0.5) is 0 Å². The lowest BCUT2D eigenvalue weighted by molar-refractivity contribution is -0.238. The fourth-order valence-corrected chi connectivity index (χ4v) is 5.12. The number of hydrogen-bond donors (Lipinski definition) is 0. The Morgan fingerprint density at radius 1 is 1.00 bits per heavy atom. The van der Waals surface area contributed by atoms with Gasteiger partial charge < -0.3 is 4.90 Å². The van der Waals surface area contributed by atoms with Gasteiger partial charge in [0.1, 0.15) is 0 Å². The van der Waals surface area contributed by atoms with Crippen LogP contribution in [0.3, 0.4) is 0 Å². The van der Waals surface area contributed by atoms with Gasteiger partial charge >= 0.3 is 0 Å². The van der Waals surface area contributed by atoms with Crippen molar-refractivity contribution in [1.82, 2.24) is 4.90 Å². The maximum absolute atomic E-state index is 2.78. The van der Waals surface area contributed by atoms with Gasteiger partial charge in [0, 0.05) is 6.54 Å². The van der Waals surface area contributed by atoms with Crippen LogP contribution >= 0.6 is 0 Å². The second-order valence-electron chi connectivity index (χ2n) is 8.40. The Bertz CT molecular complexity index is 290. The van der Waals surface area contributed by atoms with E-state index in [0.717, 1.165) is 28.6 Å². The van der Waals surface area contributed by atoms with Gasteiger partial charge in [0.2, 0.25) is 0 Å². The quantitative estimate of drug-likeness (QED) is 0.722. The summed E-state index contributed by atoms with van der Waals surface area (Å²) in [5.74, 6) is 2.81. The van der Waals surface area contributed by atoms with E-state index in [1.807, 2.05) is 0 Å². The molecule has 0 spiro atoms. The Labute approximate surface area is 113 Å². The Morgan fingerprint density at radius 3 is 2.00 bits per heavy atom. The van der Waals surface area contributed by atoms with Crippen molar-refractivity contribution in [1.29, 1.82) is 0 Å². The van der Waals surface area contributed by atoms with E-state index in [1.165, 1.54) is 32.5 Å². The van der Waals surface area contributed by atoms with Gasteiger partial charge in [-0.1, -0.05) is 27.7 Å². The summed E-state index contributed by atoms with van der Waals surface area (Å²) in [5, 5.41) is 0. The van der Waals surface area contributed by atoms with E-state index in [1.54, 1.807) is 19.3 Å². The highest BCUT2D eigenvalue weighted by atomic mass is 15.1. The largest absolute Gasteiger partial charge is 0.303 e. The molecule has 4 aliphatic rings. The van der Waals surface area contributed by atoms with Crippen molar-refractivity contribution in [2.75, 3.05) is 19.6 Å². The molecule has 18 heavy (non-hydrogen) atoms. The zero-order valence-electron chi connectivity index (χ0n) is 12.8. The zero-order chi connectivity index (χ0) is 13.0. The Morgan fingerprint density at radius 2 is 1.56 bits per heavy atom. The third-order valence-corrected chi connectivity index (χ3v) is 6.54. The maximum Gasteiger partial charge on any atom is 0.00386 e. The summed E-state index contributed by atoms with van der Waals surface area (Å²) in [6, 6.07) is 0. The van der Waals surface area contributed by atoms with Gasteiger partial charge in [0.15, 0.2) is 0 Å². The van der Waals surface area contributed by atoms with Crippen molar-refractivity contribution >= 4 is 0 Å². The van der Waals surface area contributed by atoms with E-state index < -0.39 is 0 Å². The summed E-state index contributed by atoms with van der Waals surface area (Å²) >= 11 is 0. The molecule has 0 atom stereocenters. The minimum absolute atomic E-state index is 0.773. The number of hydrogen-bond acceptors (Lipinski definition) is 1. The molecule has 0 unspecified atom stereocenters. The SMILES string of the molecule is CC(C)C1CCN(CC23CC(C(C)C)(C2)C3)CC1. The Kier molecular flexibility index (Phi) is 3.05. The van der Waals surface area contributed by atoms with Gasteiger partial charge in [-0.15, -0.1) is 0 Å². The van der Waals surface area contributed by atoms with E-state index in [4.69, 9.17) is 0 Å². The molecular formula is C17H31N. The van der Waals surface area contributed by atoms with Crippen LogP contribution in [0.15, 0.2) is 0 Å². The van der Waals surface area contributed by atoms with E-state index in [2.05, 4.69) is 32.6 Å². The first-order chi connectivity index (χ1) is 8.45. The number of piperidine rings is 1. The molecule has 4 rings (SSSR count). The molecule has 0 aromatic rings. The van der Waals surface area contributed by atoms with E-state index >= 15 is 0 Å². The molecule has 1 heterocycles. The van der Waals surface area contributed by atoms with Crippen LogP contribution in [0, 0.1) is 28.6 Å². The van der Waals surface area contributed by atoms with Gasteiger partial charge in [-0.2, -0.15) is 0 Å². The number of likely N-dealkylation sites (tertiary alicyclic amines) is 1. The van der Waals surface area contributed by atoms with Gasteiger partial charge in [-0.05, 0) is 73.8 Å². The Hall–Kier alpha value is -0.0400. The standard InChI is InChI=1S/C17H31N/c1-13(2)15-5-7-18(8-6-15)12-16-9-17(10-16,11-16)14(3)4/h13-15H,5-12H2,1-4H3. The van der Waals surface area contributed by atoms with Gasteiger partial charge in [0.05, 0.1) is 0 Å². The number of rotatable bonds is 4. The third-order valence-electron chi connectivity index (χ3n) is 6.54. The normalized spacial score (nSPS) is 41.0. The van der Waals surface area contributed by atoms with Crippen molar-refractivity contribution in [3.63, 3.8) is 0 Å². The average Bonchev–Trinajstić information content (AvgIpc) is 2.21. The summed E-state index contributed by atoms with van der Waals surface area (Å²) in [5.41, 5.74) is 1.56. The second-order valence-corrected chi connectivity index (χ2v) is 8.40. The first-order valence-electron chi connectivity index (χ1n) is 8.17. The minimum Gasteiger partial charge on any atom is -0.303 e. The lowest BCUT2D eigenvalue weighted by Gasteiger charge is -2.74. The van der Waals surface area contributed by atoms with Gasteiger partial charge in [-0.25, -0.2) is 0 Å². The first kappa shape index (κ1) is 13.0. The maximum atomic E-state index is 2.78. The topological polar surface area (TPSA) is 3.24 Å². The Balaban J connectivity index is 1.44. The second kappa shape index (κ2) is 4.23. The summed E-state index contributed by atoms with van der Waals surface area (Å²) in [6.07, 6.45) is 7.53. The molecule has 0 aromatic carbocycles. The molecule has 0 radical (unpaired) electrons. The first-order valence-corrected chi connectivity index (χ1v) is 8.17. The van der Waals surface area contributed by atoms with E-state index in [9.17, 15) is 0 Å². The van der Waals surface area contributed by atoms with Crippen molar-refractivity contribution in [2.24, 2.45) is 28.6 Å². The van der Waals surface area contributed by atoms with Crippen molar-refractivity contribution in [2.45, 2.75) is 59.8 Å². The smallest absolute Gasteiger partial charge is 0.00386 e. The summed E-state index contributed by atoms with van der Waals surface area (Å²) in [7, 11) is 0. The van der Waals surface area contributed by atoms with Crippen LogP contribution in [-0.2, 0) is 0 Å². The number of nitrogens with zero attached hydrogens (tertiary/aromatic N) is 1. The lowest BCUT2D eigenvalue weighted by Crippen LogP contribution is -2.67. The molecule has 1 heteroatoms. The fraction of sp³-hybridized carbons (Fsp3) is 1.00. The average molecular weight is 249 g/mol. The van der Waals surface area contributed by atoms with Crippen LogP contribution in [0.25, 0.3) is 0 Å². The minimum atomic E-state index is 0.773. The molecule has 1 nitrogen and oxygen atoms in total. The summed E-state index contributed by atoms with van der Waals surface area (Å²) < 4.78 is 0. The van der Waals surface area contributed by atoms with Crippen LogP contribution in [0.2, 0.25) is 0 Å². The van der Waals surface area contributed by atoms with Crippen LogP contribution in [-0.4, -0.2) is 24.5 Å². The molecule has 0 N–H and O–H groups in total. The van der Waals surface area contributed by atoms with E-state index in [0.29, 0.717) is 0 Å². The molecule has 3 aliphatic carbocycles. The molecule has 4 fully saturated rings. The molecule has 0 amide bonds.